The van der Waals surface area contributed by atoms with Crippen molar-refractivity contribution in [3.05, 3.63) is 102 Å². The molecule has 1 atom stereocenters. The van der Waals surface area contributed by atoms with E-state index in [-0.39, 0.29) is 11.9 Å². The second-order valence-corrected chi connectivity index (χ2v) is 6.05. The summed E-state index contributed by atoms with van der Waals surface area (Å²) in [7, 11) is 0. The van der Waals surface area contributed by atoms with Crippen LogP contribution < -0.4 is 5.32 Å². The van der Waals surface area contributed by atoms with Gasteiger partial charge in [0.15, 0.2) is 6.10 Å². The van der Waals surface area contributed by atoms with Gasteiger partial charge in [0.2, 0.25) is 0 Å². The van der Waals surface area contributed by atoms with Crippen LogP contribution in [0.25, 0.3) is 0 Å². The molecule has 27 heavy (non-hydrogen) atoms. The van der Waals surface area contributed by atoms with Crippen LogP contribution in [0.5, 0.6) is 0 Å². The number of aromatic nitrogens is 1. The molecule has 0 aliphatic rings. The summed E-state index contributed by atoms with van der Waals surface area (Å²) in [5, 5.41) is 2.98. The van der Waals surface area contributed by atoms with Crippen LogP contribution in [0, 0.1) is 0 Å². The van der Waals surface area contributed by atoms with Crippen molar-refractivity contribution in [2.24, 2.45) is 0 Å². The van der Waals surface area contributed by atoms with E-state index in [1.54, 1.807) is 19.1 Å². The first kappa shape index (κ1) is 18.3. The highest BCUT2D eigenvalue weighted by atomic mass is 16.5. The average molecular weight is 360 g/mol. The molecule has 1 amide bonds. The SMILES string of the molecule is C[C@@H](OC(=O)c1ccncc1)C(=O)NC(c1ccccc1)c1ccccc1. The standard InChI is InChI=1S/C22H20N2O3/c1-16(27-22(26)19-12-14-23-15-13-19)21(25)24-20(17-8-4-2-5-9-17)18-10-6-3-7-11-18/h2-16,20H,1H3,(H,24,25)/t16-/m1/s1. The Balaban J connectivity index is 1.73. The summed E-state index contributed by atoms with van der Waals surface area (Å²) in [4.78, 5) is 28.7. The minimum Gasteiger partial charge on any atom is -0.449 e. The van der Waals surface area contributed by atoms with Gasteiger partial charge in [-0.2, -0.15) is 0 Å². The van der Waals surface area contributed by atoms with E-state index in [4.69, 9.17) is 4.74 Å². The zero-order valence-electron chi connectivity index (χ0n) is 14.9. The summed E-state index contributed by atoms with van der Waals surface area (Å²) in [6.07, 6.45) is 2.07. The van der Waals surface area contributed by atoms with Crippen LogP contribution in [0.15, 0.2) is 85.2 Å². The zero-order chi connectivity index (χ0) is 19.1. The summed E-state index contributed by atoms with van der Waals surface area (Å²) >= 11 is 0. The molecule has 2 aromatic carbocycles. The van der Waals surface area contributed by atoms with Crippen molar-refractivity contribution in [2.45, 2.75) is 19.1 Å². The predicted octanol–water partition coefficient (Wildman–Crippen LogP) is 3.53. The van der Waals surface area contributed by atoms with Crippen LogP contribution >= 0.6 is 0 Å². The van der Waals surface area contributed by atoms with Crippen LogP contribution in [0.1, 0.15) is 34.5 Å². The van der Waals surface area contributed by atoms with E-state index in [2.05, 4.69) is 10.3 Å². The van der Waals surface area contributed by atoms with E-state index >= 15 is 0 Å². The number of esters is 1. The van der Waals surface area contributed by atoms with Gasteiger partial charge in [-0.3, -0.25) is 9.78 Å². The Morgan fingerprint density at radius 1 is 0.852 bits per heavy atom. The summed E-state index contributed by atoms with van der Waals surface area (Å²) in [6.45, 7) is 1.56. The van der Waals surface area contributed by atoms with Crippen molar-refractivity contribution < 1.29 is 14.3 Å². The minimum atomic E-state index is -0.930. The lowest BCUT2D eigenvalue weighted by Crippen LogP contribution is -2.38. The Labute approximate surface area is 158 Å². The van der Waals surface area contributed by atoms with Gasteiger partial charge >= 0.3 is 5.97 Å². The van der Waals surface area contributed by atoms with E-state index in [1.807, 2.05) is 60.7 Å². The monoisotopic (exact) mass is 360 g/mol. The number of nitrogens with one attached hydrogen (secondary N) is 1. The molecule has 0 saturated heterocycles. The third-order valence-corrected chi connectivity index (χ3v) is 4.12. The van der Waals surface area contributed by atoms with E-state index in [0.29, 0.717) is 5.56 Å². The van der Waals surface area contributed by atoms with E-state index in [9.17, 15) is 9.59 Å². The minimum absolute atomic E-state index is 0.332. The first-order valence-electron chi connectivity index (χ1n) is 8.66. The fraction of sp³-hybridized carbons (Fsp3) is 0.136. The van der Waals surface area contributed by atoms with Gasteiger partial charge in [-0.15, -0.1) is 0 Å². The second-order valence-electron chi connectivity index (χ2n) is 6.05. The van der Waals surface area contributed by atoms with Gasteiger partial charge in [-0.25, -0.2) is 4.79 Å². The number of amides is 1. The molecule has 0 saturated carbocycles. The predicted molar refractivity (Wildman–Crippen MR) is 102 cm³/mol. The third kappa shape index (κ3) is 4.79. The Kier molecular flexibility index (Phi) is 5.94. The van der Waals surface area contributed by atoms with Crippen molar-refractivity contribution in [2.75, 3.05) is 0 Å². The van der Waals surface area contributed by atoms with Gasteiger partial charge in [0.05, 0.1) is 11.6 Å². The number of hydrogen-bond donors (Lipinski definition) is 1. The first-order valence-corrected chi connectivity index (χ1v) is 8.66. The van der Waals surface area contributed by atoms with Gasteiger partial charge < -0.3 is 10.1 Å². The zero-order valence-corrected chi connectivity index (χ0v) is 14.9. The Hall–Kier alpha value is -3.47. The summed E-state index contributed by atoms with van der Waals surface area (Å²) in [5.74, 6) is -0.925. The van der Waals surface area contributed by atoms with Crippen molar-refractivity contribution in [1.29, 1.82) is 0 Å². The highest BCUT2D eigenvalue weighted by Crippen LogP contribution is 2.22. The van der Waals surface area contributed by atoms with Gasteiger partial charge in [0.1, 0.15) is 0 Å². The molecule has 1 N–H and O–H groups in total. The molecule has 136 valence electrons. The van der Waals surface area contributed by atoms with Crippen LogP contribution in [0.4, 0.5) is 0 Å². The van der Waals surface area contributed by atoms with Gasteiger partial charge in [0, 0.05) is 12.4 Å². The molecule has 3 aromatic rings. The van der Waals surface area contributed by atoms with Crippen molar-refractivity contribution in [1.82, 2.24) is 10.3 Å². The van der Waals surface area contributed by atoms with E-state index < -0.39 is 12.1 Å². The van der Waals surface area contributed by atoms with Crippen molar-refractivity contribution in [3.63, 3.8) is 0 Å². The molecule has 0 aliphatic heterocycles. The lowest BCUT2D eigenvalue weighted by Gasteiger charge is -2.22. The molecule has 0 radical (unpaired) electrons. The number of nitrogens with zero attached hydrogens (tertiary/aromatic N) is 1. The molecule has 5 nitrogen and oxygen atoms in total. The highest BCUT2D eigenvalue weighted by molar-refractivity contribution is 5.92. The molecule has 0 bridgehead atoms. The lowest BCUT2D eigenvalue weighted by atomic mass is 9.98. The number of hydrogen-bond acceptors (Lipinski definition) is 4. The average Bonchev–Trinajstić information content (AvgIpc) is 2.73. The number of carbonyl (C=O) groups is 2. The molecule has 0 fully saturated rings. The molecule has 1 aromatic heterocycles. The topological polar surface area (TPSA) is 68.3 Å². The Morgan fingerprint density at radius 2 is 1.37 bits per heavy atom. The van der Waals surface area contributed by atoms with Gasteiger partial charge in [-0.1, -0.05) is 60.7 Å². The molecule has 5 heteroatoms. The number of rotatable bonds is 6. The molecule has 1 heterocycles. The number of benzene rings is 2. The summed E-state index contributed by atoms with van der Waals surface area (Å²) in [5.41, 5.74) is 2.25. The largest absolute Gasteiger partial charge is 0.449 e. The maximum absolute atomic E-state index is 12.7. The summed E-state index contributed by atoms with van der Waals surface area (Å²) in [6, 6.07) is 22.1. The van der Waals surface area contributed by atoms with Crippen LogP contribution in [-0.4, -0.2) is 23.0 Å². The molecule has 0 unspecified atom stereocenters. The van der Waals surface area contributed by atoms with Crippen LogP contribution in [-0.2, 0) is 9.53 Å². The fourth-order valence-electron chi connectivity index (χ4n) is 2.68. The Morgan fingerprint density at radius 3 is 1.89 bits per heavy atom. The highest BCUT2D eigenvalue weighted by Gasteiger charge is 2.23. The number of pyridine rings is 1. The normalized spacial score (nSPS) is 11.6. The molecule has 0 spiro atoms. The van der Waals surface area contributed by atoms with Crippen molar-refractivity contribution >= 4 is 11.9 Å². The van der Waals surface area contributed by atoms with E-state index in [0.717, 1.165) is 11.1 Å². The summed E-state index contributed by atoms with van der Waals surface area (Å²) < 4.78 is 5.29. The van der Waals surface area contributed by atoms with Crippen LogP contribution in [0.3, 0.4) is 0 Å². The molecular formula is C22H20N2O3. The molecule has 3 rings (SSSR count). The molecular weight excluding hydrogens is 340 g/mol. The third-order valence-electron chi connectivity index (χ3n) is 4.12. The van der Waals surface area contributed by atoms with Crippen LogP contribution in [0.2, 0.25) is 0 Å². The maximum Gasteiger partial charge on any atom is 0.339 e. The van der Waals surface area contributed by atoms with Gasteiger partial charge in [0.25, 0.3) is 5.91 Å². The van der Waals surface area contributed by atoms with Crippen molar-refractivity contribution in [3.8, 4) is 0 Å². The molecule has 0 aliphatic carbocycles. The van der Waals surface area contributed by atoms with Gasteiger partial charge in [-0.05, 0) is 30.2 Å². The first-order chi connectivity index (χ1) is 13.1. The number of ether oxygens (including phenoxy) is 1. The second kappa shape index (κ2) is 8.76. The quantitative estimate of drug-likeness (QED) is 0.683. The maximum atomic E-state index is 12.7. The van der Waals surface area contributed by atoms with E-state index in [1.165, 1.54) is 12.4 Å². The smallest absolute Gasteiger partial charge is 0.339 e. The number of carbonyl (C=O) groups excluding carboxylic acids is 2. The lowest BCUT2D eigenvalue weighted by molar-refractivity contribution is -0.129. The fourth-order valence-corrected chi connectivity index (χ4v) is 2.68. The Bertz CT molecular complexity index is 844.